The normalized spacial score (nSPS) is 9.30. The lowest BCUT2D eigenvalue weighted by Gasteiger charge is -1.97. The maximum absolute atomic E-state index is 10.5. The maximum Gasteiger partial charge on any atom is 0.342 e. The predicted molar refractivity (Wildman–Crippen MR) is 81.0 cm³/mol. The van der Waals surface area contributed by atoms with E-state index in [0.717, 1.165) is 17.0 Å². The van der Waals surface area contributed by atoms with E-state index >= 15 is 0 Å². The fraction of sp³-hybridized carbons (Fsp3) is 0. The molecule has 0 atom stereocenters. The summed E-state index contributed by atoms with van der Waals surface area (Å²) in [5.41, 5.74) is -0.775. The van der Waals surface area contributed by atoms with Gasteiger partial charge in [-0.05, 0) is 24.3 Å². The molecule has 0 fully saturated rings. The molecule has 0 saturated carbocycles. The van der Waals surface area contributed by atoms with Crippen LogP contribution in [0.15, 0.2) is 58.3 Å². The molecule has 0 spiro atoms. The minimum absolute atomic E-state index is 0.350. The first-order chi connectivity index (χ1) is 9.41. The van der Waals surface area contributed by atoms with Gasteiger partial charge in [0.2, 0.25) is 0 Å². The molecule has 2 rings (SSSR count). The highest BCUT2D eigenvalue weighted by Crippen LogP contribution is 2.21. The first-order valence-electron chi connectivity index (χ1n) is 5.36. The molecule has 2 aromatic rings. The van der Waals surface area contributed by atoms with Crippen LogP contribution in [0.2, 0.25) is 0 Å². The highest BCUT2D eigenvalue weighted by Gasteiger charge is 2.18. The molecule has 2 aromatic carbocycles. The van der Waals surface area contributed by atoms with Crippen molar-refractivity contribution in [3.05, 3.63) is 64.2 Å². The second kappa shape index (κ2) is 7.56. The third-order valence-electron chi connectivity index (χ3n) is 2.16. The van der Waals surface area contributed by atoms with Crippen LogP contribution in [0.5, 0.6) is 0 Å². The van der Waals surface area contributed by atoms with E-state index in [1.165, 1.54) is 6.07 Å². The van der Waals surface area contributed by atoms with E-state index in [4.69, 9.17) is 5.11 Å². The van der Waals surface area contributed by atoms with Crippen LogP contribution in [0, 0.1) is 10.1 Å². The molecular formula is C13H11NO4S2. The summed E-state index contributed by atoms with van der Waals surface area (Å²) in [5.74, 6) is -1.33. The SMILES string of the molecule is O=C(O)c1cc(S)ccc1[N+](=O)[O-].Sc1ccccc1. The van der Waals surface area contributed by atoms with Gasteiger partial charge in [-0.1, -0.05) is 18.2 Å². The van der Waals surface area contributed by atoms with Crippen molar-refractivity contribution >= 4 is 36.9 Å². The van der Waals surface area contributed by atoms with Crippen LogP contribution in [0.3, 0.4) is 0 Å². The fourth-order valence-corrected chi connectivity index (χ4v) is 1.66. The highest BCUT2D eigenvalue weighted by molar-refractivity contribution is 7.80. The Morgan fingerprint density at radius 3 is 2.05 bits per heavy atom. The summed E-state index contributed by atoms with van der Waals surface area (Å²) in [6, 6.07) is 13.4. The van der Waals surface area contributed by atoms with E-state index < -0.39 is 16.6 Å². The van der Waals surface area contributed by atoms with E-state index in [9.17, 15) is 14.9 Å². The number of carboxylic acids is 1. The number of hydrogen-bond acceptors (Lipinski definition) is 5. The number of carboxylic acid groups (broad SMARTS) is 1. The molecule has 0 bridgehead atoms. The molecular weight excluding hydrogens is 298 g/mol. The third kappa shape index (κ3) is 4.94. The molecule has 0 aromatic heterocycles. The van der Waals surface area contributed by atoms with Crippen molar-refractivity contribution in [2.45, 2.75) is 9.79 Å². The molecule has 7 heteroatoms. The van der Waals surface area contributed by atoms with Crippen LogP contribution in [0.25, 0.3) is 0 Å². The van der Waals surface area contributed by atoms with Crippen molar-refractivity contribution in [2.75, 3.05) is 0 Å². The zero-order chi connectivity index (χ0) is 15.1. The number of hydrogen-bond donors (Lipinski definition) is 3. The van der Waals surface area contributed by atoms with Crippen molar-refractivity contribution in [1.82, 2.24) is 0 Å². The minimum Gasteiger partial charge on any atom is -0.477 e. The van der Waals surface area contributed by atoms with Gasteiger partial charge in [0.15, 0.2) is 0 Å². The minimum atomic E-state index is -1.33. The number of nitro benzene ring substituents is 1. The summed E-state index contributed by atoms with van der Waals surface area (Å²) < 4.78 is 0. The number of nitro groups is 1. The van der Waals surface area contributed by atoms with Gasteiger partial charge >= 0.3 is 5.97 Å². The van der Waals surface area contributed by atoms with Crippen molar-refractivity contribution < 1.29 is 14.8 Å². The average molecular weight is 309 g/mol. The lowest BCUT2D eigenvalue weighted by molar-refractivity contribution is -0.385. The van der Waals surface area contributed by atoms with Crippen LogP contribution >= 0.6 is 25.3 Å². The quantitative estimate of drug-likeness (QED) is 0.450. The Labute approximate surface area is 126 Å². The van der Waals surface area contributed by atoms with Gasteiger partial charge in [-0.15, -0.1) is 25.3 Å². The molecule has 0 aliphatic rings. The van der Waals surface area contributed by atoms with Gasteiger partial charge in [0.05, 0.1) is 4.92 Å². The number of rotatable bonds is 2. The van der Waals surface area contributed by atoms with Gasteiger partial charge < -0.3 is 5.11 Å². The standard InChI is InChI=1S/C7H5NO4S.C6H6S/c9-7(10)5-3-4(13)1-2-6(5)8(11)12;7-6-4-2-1-3-5-6/h1-3,13H,(H,9,10);1-5,7H. The Kier molecular flexibility index (Phi) is 6.08. The molecule has 20 heavy (non-hydrogen) atoms. The van der Waals surface area contributed by atoms with E-state index in [0.29, 0.717) is 4.90 Å². The topological polar surface area (TPSA) is 80.4 Å². The van der Waals surface area contributed by atoms with Gasteiger partial charge in [-0.2, -0.15) is 0 Å². The summed E-state index contributed by atoms with van der Waals surface area (Å²) in [4.78, 5) is 21.5. The molecule has 5 nitrogen and oxygen atoms in total. The lowest BCUT2D eigenvalue weighted by Crippen LogP contribution is -2.02. The van der Waals surface area contributed by atoms with Crippen LogP contribution in [-0.2, 0) is 0 Å². The Morgan fingerprint density at radius 1 is 1.05 bits per heavy atom. The second-order valence-electron chi connectivity index (χ2n) is 3.60. The monoisotopic (exact) mass is 309 g/mol. The van der Waals surface area contributed by atoms with Gasteiger partial charge in [0.1, 0.15) is 5.56 Å². The average Bonchev–Trinajstić information content (AvgIpc) is 2.39. The van der Waals surface area contributed by atoms with Gasteiger partial charge in [0, 0.05) is 15.9 Å². The molecule has 0 aliphatic carbocycles. The maximum atomic E-state index is 10.5. The largest absolute Gasteiger partial charge is 0.477 e. The van der Waals surface area contributed by atoms with Crippen molar-refractivity contribution in [3.8, 4) is 0 Å². The third-order valence-corrected chi connectivity index (χ3v) is 2.74. The summed E-state index contributed by atoms with van der Waals surface area (Å²) in [6.07, 6.45) is 0. The molecule has 0 unspecified atom stereocenters. The van der Waals surface area contributed by atoms with E-state index in [2.05, 4.69) is 25.3 Å². The number of benzene rings is 2. The van der Waals surface area contributed by atoms with E-state index in [-0.39, 0.29) is 5.56 Å². The van der Waals surface area contributed by atoms with E-state index in [1.54, 1.807) is 0 Å². The molecule has 0 heterocycles. The molecule has 0 radical (unpaired) electrons. The van der Waals surface area contributed by atoms with Crippen molar-refractivity contribution in [3.63, 3.8) is 0 Å². The lowest BCUT2D eigenvalue weighted by atomic mass is 10.2. The van der Waals surface area contributed by atoms with Crippen molar-refractivity contribution in [1.29, 1.82) is 0 Å². The molecule has 0 saturated heterocycles. The number of aromatic carboxylic acids is 1. The van der Waals surface area contributed by atoms with Gasteiger partial charge in [-0.25, -0.2) is 4.79 Å². The number of carbonyl (C=O) groups is 1. The Morgan fingerprint density at radius 2 is 1.65 bits per heavy atom. The summed E-state index contributed by atoms with van der Waals surface area (Å²) in [7, 11) is 0. The fourth-order valence-electron chi connectivity index (χ4n) is 1.28. The Hall–Kier alpha value is -1.99. The Bertz CT molecular complexity index is 617. The van der Waals surface area contributed by atoms with Gasteiger partial charge in [0.25, 0.3) is 5.69 Å². The molecule has 1 N–H and O–H groups in total. The molecule has 104 valence electrons. The first-order valence-corrected chi connectivity index (χ1v) is 6.26. The van der Waals surface area contributed by atoms with E-state index in [1.807, 2.05) is 30.3 Å². The smallest absolute Gasteiger partial charge is 0.342 e. The molecule has 0 amide bonds. The highest BCUT2D eigenvalue weighted by atomic mass is 32.1. The van der Waals surface area contributed by atoms with Crippen LogP contribution in [0.4, 0.5) is 5.69 Å². The van der Waals surface area contributed by atoms with Gasteiger partial charge in [-0.3, -0.25) is 10.1 Å². The predicted octanol–water partition coefficient (Wildman–Crippen LogP) is 3.56. The zero-order valence-electron chi connectivity index (χ0n) is 10.1. The van der Waals surface area contributed by atoms with Crippen LogP contribution < -0.4 is 0 Å². The zero-order valence-corrected chi connectivity index (χ0v) is 11.9. The molecule has 0 aliphatic heterocycles. The Balaban J connectivity index is 0.000000240. The van der Waals surface area contributed by atoms with Crippen LogP contribution in [0.1, 0.15) is 10.4 Å². The number of thiol groups is 2. The second-order valence-corrected chi connectivity index (χ2v) is 4.63. The summed E-state index contributed by atoms with van der Waals surface area (Å²) in [5, 5.41) is 19.0. The summed E-state index contributed by atoms with van der Waals surface area (Å²) >= 11 is 7.96. The number of nitrogens with zero attached hydrogens (tertiary/aromatic N) is 1. The van der Waals surface area contributed by atoms with Crippen molar-refractivity contribution in [2.24, 2.45) is 0 Å². The van der Waals surface area contributed by atoms with Crippen LogP contribution in [-0.4, -0.2) is 16.0 Å². The first kappa shape index (κ1) is 16.1. The summed E-state index contributed by atoms with van der Waals surface area (Å²) in [6.45, 7) is 0.